The number of rotatable bonds is 4. The van der Waals surface area contributed by atoms with Crippen LogP contribution >= 0.6 is 11.6 Å². The Morgan fingerprint density at radius 1 is 1.30 bits per heavy atom. The van der Waals surface area contributed by atoms with Gasteiger partial charge in [0.1, 0.15) is 12.4 Å². The van der Waals surface area contributed by atoms with Crippen LogP contribution in [0, 0.1) is 0 Å². The van der Waals surface area contributed by atoms with Crippen molar-refractivity contribution >= 4 is 23.3 Å². The van der Waals surface area contributed by atoms with Crippen LogP contribution in [-0.2, 0) is 16.1 Å². The molecular weight excluding hydrogens is 314 g/mol. The molecule has 0 bridgehead atoms. The van der Waals surface area contributed by atoms with E-state index in [1.807, 2.05) is 35.0 Å². The fourth-order valence-electron chi connectivity index (χ4n) is 3.07. The summed E-state index contributed by atoms with van der Waals surface area (Å²) in [5.74, 6) is 0.779. The molecule has 5 nitrogen and oxygen atoms in total. The molecule has 2 aromatic rings. The Labute approximate surface area is 140 Å². The van der Waals surface area contributed by atoms with Crippen LogP contribution in [0.2, 0.25) is 5.02 Å². The first-order chi connectivity index (χ1) is 11.1. The number of carbonyl (C=O) groups is 1. The van der Waals surface area contributed by atoms with E-state index >= 15 is 0 Å². The molecule has 1 aliphatic rings. The predicted molar refractivity (Wildman–Crippen MR) is 89.6 cm³/mol. The molecule has 1 amide bonds. The minimum absolute atomic E-state index is 0.0229. The lowest BCUT2D eigenvalue weighted by atomic mass is 10.1. The lowest BCUT2D eigenvalue weighted by Gasteiger charge is -2.36. The van der Waals surface area contributed by atoms with Crippen molar-refractivity contribution in [3.8, 4) is 0 Å². The van der Waals surface area contributed by atoms with E-state index in [2.05, 4.69) is 18.9 Å². The number of nitrogens with zero attached hydrogens (tertiary/aromatic N) is 3. The minimum atomic E-state index is -0.0572. The highest BCUT2D eigenvalue weighted by atomic mass is 35.5. The Morgan fingerprint density at radius 3 is 2.87 bits per heavy atom. The highest BCUT2D eigenvalue weighted by Gasteiger charge is 2.32. The number of hydrogen-bond acceptors (Lipinski definition) is 3. The summed E-state index contributed by atoms with van der Waals surface area (Å²) in [6.45, 7) is 4.51. The van der Waals surface area contributed by atoms with Gasteiger partial charge in [-0.15, -0.1) is 0 Å². The summed E-state index contributed by atoms with van der Waals surface area (Å²) in [5.41, 5.74) is 0.882. The number of anilines is 1. The molecule has 0 saturated carbocycles. The lowest BCUT2D eigenvalue weighted by molar-refractivity contribution is -0.124. The number of amides is 1. The molecule has 0 spiro atoms. The predicted octanol–water partition coefficient (Wildman–Crippen LogP) is 3.44. The van der Waals surface area contributed by atoms with E-state index in [0.717, 1.165) is 17.8 Å². The second kappa shape index (κ2) is 6.72. The van der Waals surface area contributed by atoms with Gasteiger partial charge in [-0.2, -0.15) is 5.10 Å². The molecule has 0 aliphatic carbocycles. The van der Waals surface area contributed by atoms with Crippen molar-refractivity contribution in [2.24, 2.45) is 0 Å². The third-order valence-electron chi connectivity index (χ3n) is 4.15. The SMILES string of the molecule is CC1CC(C)n2nccc2N1C(=O)COCc1ccccc1Cl. The summed E-state index contributed by atoms with van der Waals surface area (Å²) in [6, 6.07) is 9.78. The number of carbonyl (C=O) groups excluding carboxylic acids is 1. The summed E-state index contributed by atoms with van der Waals surface area (Å²) in [4.78, 5) is 14.4. The van der Waals surface area contributed by atoms with Gasteiger partial charge in [0.2, 0.25) is 0 Å². The molecule has 2 atom stereocenters. The molecule has 6 heteroatoms. The normalized spacial score (nSPS) is 20.4. The Balaban J connectivity index is 1.65. The zero-order chi connectivity index (χ0) is 16.4. The maximum atomic E-state index is 12.6. The van der Waals surface area contributed by atoms with Crippen LogP contribution in [0.15, 0.2) is 36.5 Å². The quantitative estimate of drug-likeness (QED) is 0.861. The standard InChI is InChI=1S/C17H20ClN3O2/c1-12-9-13(2)21-16(7-8-19-21)20(12)17(22)11-23-10-14-5-3-4-6-15(14)18/h3-8,12-13H,9-11H2,1-2H3. The first-order valence-corrected chi connectivity index (χ1v) is 8.12. The first kappa shape index (κ1) is 16.0. The van der Waals surface area contributed by atoms with Crippen LogP contribution in [0.3, 0.4) is 0 Å². The highest BCUT2D eigenvalue weighted by Crippen LogP contribution is 2.31. The van der Waals surface area contributed by atoms with Crippen LogP contribution in [-0.4, -0.2) is 28.3 Å². The zero-order valence-electron chi connectivity index (χ0n) is 13.3. The van der Waals surface area contributed by atoms with Crippen molar-refractivity contribution in [1.29, 1.82) is 0 Å². The third kappa shape index (κ3) is 3.26. The van der Waals surface area contributed by atoms with Gasteiger partial charge >= 0.3 is 0 Å². The molecular formula is C17H20ClN3O2. The summed E-state index contributed by atoms with van der Waals surface area (Å²) in [7, 11) is 0. The van der Waals surface area contributed by atoms with Crippen molar-refractivity contribution in [2.45, 2.75) is 39.0 Å². The van der Waals surface area contributed by atoms with Gasteiger partial charge in [-0.25, -0.2) is 4.68 Å². The second-order valence-corrected chi connectivity index (χ2v) is 6.32. The van der Waals surface area contributed by atoms with E-state index in [1.54, 1.807) is 11.1 Å². The summed E-state index contributed by atoms with van der Waals surface area (Å²) < 4.78 is 7.47. The molecule has 1 aromatic carbocycles. The maximum Gasteiger partial charge on any atom is 0.254 e. The highest BCUT2D eigenvalue weighted by molar-refractivity contribution is 6.31. The number of ether oxygens (including phenoxy) is 1. The number of halogens is 1. The Hall–Kier alpha value is -1.85. The van der Waals surface area contributed by atoms with Crippen molar-refractivity contribution in [2.75, 3.05) is 11.5 Å². The molecule has 2 unspecified atom stereocenters. The van der Waals surface area contributed by atoms with Crippen LogP contribution in [0.1, 0.15) is 31.9 Å². The molecule has 122 valence electrons. The van der Waals surface area contributed by atoms with Gasteiger partial charge < -0.3 is 4.74 Å². The molecule has 2 heterocycles. The van der Waals surface area contributed by atoms with E-state index in [1.165, 1.54) is 0 Å². The number of hydrogen-bond donors (Lipinski definition) is 0. The monoisotopic (exact) mass is 333 g/mol. The van der Waals surface area contributed by atoms with Gasteiger partial charge in [-0.1, -0.05) is 29.8 Å². The average Bonchev–Trinajstić information content (AvgIpc) is 2.99. The van der Waals surface area contributed by atoms with Crippen molar-refractivity contribution in [1.82, 2.24) is 9.78 Å². The smallest absolute Gasteiger partial charge is 0.254 e. The topological polar surface area (TPSA) is 47.4 Å². The molecule has 0 radical (unpaired) electrons. The Kier molecular flexibility index (Phi) is 4.68. The van der Waals surface area contributed by atoms with E-state index in [9.17, 15) is 4.79 Å². The molecule has 0 fully saturated rings. The van der Waals surface area contributed by atoms with Gasteiger partial charge in [0.25, 0.3) is 5.91 Å². The van der Waals surface area contributed by atoms with Gasteiger partial charge in [0.15, 0.2) is 0 Å². The second-order valence-electron chi connectivity index (χ2n) is 5.92. The van der Waals surface area contributed by atoms with Gasteiger partial charge in [-0.3, -0.25) is 9.69 Å². The van der Waals surface area contributed by atoms with E-state index < -0.39 is 0 Å². The van der Waals surface area contributed by atoms with Crippen LogP contribution < -0.4 is 4.90 Å². The molecule has 1 aromatic heterocycles. The summed E-state index contributed by atoms with van der Waals surface area (Å²) in [5, 5.41) is 4.96. The molecule has 0 saturated heterocycles. The van der Waals surface area contributed by atoms with Gasteiger partial charge in [-0.05, 0) is 31.9 Å². The van der Waals surface area contributed by atoms with Crippen molar-refractivity contribution in [3.05, 3.63) is 47.1 Å². The summed E-state index contributed by atoms with van der Waals surface area (Å²) >= 11 is 6.09. The molecule has 0 N–H and O–H groups in total. The fourth-order valence-corrected chi connectivity index (χ4v) is 3.26. The van der Waals surface area contributed by atoms with E-state index in [0.29, 0.717) is 17.7 Å². The first-order valence-electron chi connectivity index (χ1n) is 7.74. The minimum Gasteiger partial charge on any atom is -0.367 e. The number of aromatic nitrogens is 2. The fraction of sp³-hybridized carbons (Fsp3) is 0.412. The Morgan fingerprint density at radius 2 is 2.09 bits per heavy atom. The molecule has 23 heavy (non-hydrogen) atoms. The molecule has 1 aliphatic heterocycles. The van der Waals surface area contributed by atoms with Crippen LogP contribution in [0.5, 0.6) is 0 Å². The van der Waals surface area contributed by atoms with Crippen LogP contribution in [0.25, 0.3) is 0 Å². The van der Waals surface area contributed by atoms with Crippen molar-refractivity contribution in [3.63, 3.8) is 0 Å². The Bertz CT molecular complexity index is 701. The average molecular weight is 334 g/mol. The third-order valence-corrected chi connectivity index (χ3v) is 4.52. The zero-order valence-corrected chi connectivity index (χ0v) is 14.0. The van der Waals surface area contributed by atoms with Crippen LogP contribution in [0.4, 0.5) is 5.82 Å². The van der Waals surface area contributed by atoms with Gasteiger partial charge in [0, 0.05) is 17.1 Å². The largest absolute Gasteiger partial charge is 0.367 e. The summed E-state index contributed by atoms with van der Waals surface area (Å²) in [6.07, 6.45) is 2.61. The van der Waals surface area contributed by atoms with E-state index in [4.69, 9.17) is 16.3 Å². The number of fused-ring (bicyclic) bond motifs is 1. The van der Waals surface area contributed by atoms with E-state index in [-0.39, 0.29) is 18.6 Å². The lowest BCUT2D eigenvalue weighted by Crippen LogP contribution is -2.46. The maximum absolute atomic E-state index is 12.6. The molecule has 3 rings (SSSR count). The van der Waals surface area contributed by atoms with Crippen molar-refractivity contribution < 1.29 is 9.53 Å². The number of benzene rings is 1. The van der Waals surface area contributed by atoms with Gasteiger partial charge in [0.05, 0.1) is 18.8 Å².